The van der Waals surface area contributed by atoms with E-state index in [0.717, 1.165) is 5.56 Å². The van der Waals surface area contributed by atoms with Crippen LogP contribution in [0.1, 0.15) is 5.56 Å². The van der Waals surface area contributed by atoms with E-state index in [0.29, 0.717) is 13.6 Å². The van der Waals surface area contributed by atoms with Gasteiger partial charge in [0, 0.05) is 20.6 Å². The number of methoxy groups -OCH3 is 2. The second-order valence-corrected chi connectivity index (χ2v) is 5.14. The van der Waals surface area contributed by atoms with Crippen LogP contribution in [0.4, 0.5) is 4.39 Å². The van der Waals surface area contributed by atoms with Gasteiger partial charge < -0.3 is 19.3 Å². The zero-order valence-electron chi connectivity index (χ0n) is 12.4. The van der Waals surface area contributed by atoms with Crippen molar-refractivity contribution in [2.75, 3.05) is 21.4 Å². The lowest BCUT2D eigenvalue weighted by molar-refractivity contribution is -0.0107. The van der Waals surface area contributed by atoms with Gasteiger partial charge in [-0.3, -0.25) is 4.39 Å². The first-order chi connectivity index (χ1) is 10.1. The van der Waals surface area contributed by atoms with E-state index in [1.165, 1.54) is 13.2 Å². The molecule has 0 amide bonds. The Morgan fingerprint density at radius 2 is 1.81 bits per heavy atom. The minimum atomic E-state index is -2.29. The third-order valence-corrected chi connectivity index (χ3v) is 3.40. The molecular weight excluding hydrogens is 293 g/mol. The van der Waals surface area contributed by atoms with Gasteiger partial charge in [-0.05, 0) is 10.8 Å². The average molecular weight is 314 g/mol. The Morgan fingerprint density at radius 1 is 1.24 bits per heavy atom. The number of hydrogen-bond donors (Lipinski definition) is 2. The second-order valence-electron chi connectivity index (χ2n) is 4.05. The van der Waals surface area contributed by atoms with Gasteiger partial charge in [0.25, 0.3) is 0 Å². The molecule has 116 valence electrons. The van der Waals surface area contributed by atoms with Crippen molar-refractivity contribution in [1.82, 2.24) is 0 Å². The van der Waals surface area contributed by atoms with Crippen molar-refractivity contribution in [2.24, 2.45) is 0 Å². The highest BCUT2D eigenvalue weighted by Gasteiger charge is 2.20. The summed E-state index contributed by atoms with van der Waals surface area (Å²) in [6.07, 6.45) is 1.45. The maximum atomic E-state index is 9.50. The van der Waals surface area contributed by atoms with Crippen LogP contribution in [0.15, 0.2) is 41.6 Å². The Bertz CT molecular complexity index is 403. The summed E-state index contributed by atoms with van der Waals surface area (Å²) in [6, 6.07) is 9.85. The van der Waals surface area contributed by atoms with Gasteiger partial charge in [-0.1, -0.05) is 36.4 Å². The molecule has 0 heterocycles. The summed E-state index contributed by atoms with van der Waals surface area (Å²) in [5.41, 5.74) is 1.11. The number of halogens is 1. The van der Waals surface area contributed by atoms with Gasteiger partial charge >= 0.3 is 0 Å². The maximum absolute atomic E-state index is 9.50. The normalized spacial score (nSPS) is 14.3. The van der Waals surface area contributed by atoms with E-state index in [4.69, 9.17) is 27.1 Å². The van der Waals surface area contributed by atoms with Crippen molar-refractivity contribution in [3.05, 3.63) is 47.2 Å². The summed E-state index contributed by atoms with van der Waals surface area (Å²) in [4.78, 5) is 18.1. The molecule has 1 aromatic carbocycles. The highest BCUT2D eigenvalue weighted by molar-refractivity contribution is 7.52. The standard InChI is InChI=1S/C13H18BO4P.CH3F/c1-17-11(8-10-6-4-3-5-7-10)12(18-2)9-13(14)19(15)16;1-2/h3-7,9,11-12,15-16H,8H2,1-2H3;1H3/b13-9+;/t11-,12?;/m0./s1. The fourth-order valence-electron chi connectivity index (χ4n) is 1.74. The molecule has 2 N–H and O–H groups in total. The number of alkyl halides is 1. The van der Waals surface area contributed by atoms with E-state index in [1.807, 2.05) is 30.3 Å². The van der Waals surface area contributed by atoms with Crippen LogP contribution in [0.2, 0.25) is 0 Å². The topological polar surface area (TPSA) is 58.9 Å². The molecule has 2 atom stereocenters. The Balaban J connectivity index is 0.00000191. The summed E-state index contributed by atoms with van der Waals surface area (Å²) >= 11 is 0. The minimum Gasteiger partial charge on any atom is -0.378 e. The molecule has 0 aliphatic carbocycles. The lowest BCUT2D eigenvalue weighted by atomic mass is 10.0. The second kappa shape index (κ2) is 11.8. The molecule has 0 saturated carbocycles. The first-order valence-corrected chi connectivity index (χ1v) is 7.45. The third kappa shape index (κ3) is 7.70. The molecule has 2 radical (unpaired) electrons. The molecule has 0 bridgehead atoms. The molecule has 0 spiro atoms. The van der Waals surface area contributed by atoms with Crippen LogP contribution in [0, 0.1) is 0 Å². The zero-order valence-corrected chi connectivity index (χ0v) is 13.3. The van der Waals surface area contributed by atoms with Crippen LogP contribution in [0.5, 0.6) is 0 Å². The first-order valence-electron chi connectivity index (χ1n) is 6.21. The summed E-state index contributed by atoms with van der Waals surface area (Å²) in [5.74, 6) is 0. The SMILES string of the molecule is CF.[B]/C(=C\C(OC)[C@H](Cc1ccccc1)OC)P(O)O. The van der Waals surface area contributed by atoms with Gasteiger partial charge in [0.05, 0.1) is 13.3 Å². The van der Waals surface area contributed by atoms with Gasteiger partial charge in [-0.2, -0.15) is 0 Å². The summed E-state index contributed by atoms with van der Waals surface area (Å²) < 4.78 is 20.2. The van der Waals surface area contributed by atoms with Gasteiger partial charge in [0.1, 0.15) is 14.0 Å². The van der Waals surface area contributed by atoms with Crippen LogP contribution in [0.25, 0.3) is 0 Å². The van der Waals surface area contributed by atoms with Gasteiger partial charge in [-0.15, -0.1) is 0 Å². The average Bonchev–Trinajstić information content (AvgIpc) is 2.53. The van der Waals surface area contributed by atoms with Crippen molar-refractivity contribution in [3.8, 4) is 0 Å². The molecule has 1 unspecified atom stereocenters. The van der Waals surface area contributed by atoms with Crippen molar-refractivity contribution in [1.29, 1.82) is 0 Å². The highest BCUT2D eigenvalue weighted by atomic mass is 31.2. The molecule has 0 fully saturated rings. The van der Waals surface area contributed by atoms with Crippen molar-refractivity contribution in [3.63, 3.8) is 0 Å². The van der Waals surface area contributed by atoms with Crippen molar-refractivity contribution < 1.29 is 23.7 Å². The minimum absolute atomic E-state index is 0.0111. The molecule has 21 heavy (non-hydrogen) atoms. The molecule has 1 aromatic rings. The van der Waals surface area contributed by atoms with E-state index in [2.05, 4.69) is 0 Å². The first kappa shape index (κ1) is 20.2. The summed E-state index contributed by atoms with van der Waals surface area (Å²) in [6.45, 7) is 0. The van der Waals surface area contributed by atoms with E-state index < -0.39 is 14.5 Å². The monoisotopic (exact) mass is 314 g/mol. The van der Waals surface area contributed by atoms with E-state index in [-0.39, 0.29) is 11.3 Å². The maximum Gasteiger partial charge on any atom is 0.183 e. The van der Waals surface area contributed by atoms with Crippen LogP contribution in [-0.2, 0) is 15.9 Å². The Labute approximate surface area is 127 Å². The highest BCUT2D eigenvalue weighted by Crippen LogP contribution is 2.33. The zero-order chi connectivity index (χ0) is 16.3. The van der Waals surface area contributed by atoms with Gasteiger partial charge in [0.2, 0.25) is 0 Å². The molecule has 0 saturated heterocycles. The van der Waals surface area contributed by atoms with E-state index in [9.17, 15) is 4.39 Å². The summed E-state index contributed by atoms with van der Waals surface area (Å²) in [5, 5.41) is 0.0111. The molecule has 1 rings (SSSR count). The largest absolute Gasteiger partial charge is 0.378 e. The predicted octanol–water partition coefficient (Wildman–Crippen LogP) is 2.15. The molecular formula is C14H21BFO4P. The Kier molecular flexibility index (Phi) is 11.4. The van der Waals surface area contributed by atoms with Gasteiger partial charge in [0.15, 0.2) is 8.38 Å². The van der Waals surface area contributed by atoms with E-state index in [1.54, 1.807) is 7.11 Å². The number of hydrogen-bond acceptors (Lipinski definition) is 4. The number of ether oxygens (including phenoxy) is 2. The predicted molar refractivity (Wildman–Crippen MR) is 84.0 cm³/mol. The lowest BCUT2D eigenvalue weighted by Crippen LogP contribution is -2.30. The van der Waals surface area contributed by atoms with Crippen molar-refractivity contribution in [2.45, 2.75) is 18.6 Å². The molecule has 0 aliphatic heterocycles. The van der Waals surface area contributed by atoms with Crippen molar-refractivity contribution >= 4 is 16.2 Å². The molecule has 0 aliphatic rings. The Morgan fingerprint density at radius 3 is 2.24 bits per heavy atom. The lowest BCUT2D eigenvalue weighted by Gasteiger charge is -2.23. The Hall–Kier alpha value is -0.775. The fourth-order valence-corrected chi connectivity index (χ4v) is 2.02. The molecule has 0 aromatic heterocycles. The summed E-state index contributed by atoms with van der Waals surface area (Å²) in [7, 11) is 6.87. The van der Waals surface area contributed by atoms with Gasteiger partial charge in [-0.25, -0.2) is 0 Å². The molecule has 7 heteroatoms. The fraction of sp³-hybridized carbons (Fsp3) is 0.429. The quantitative estimate of drug-likeness (QED) is 0.598. The van der Waals surface area contributed by atoms with Crippen LogP contribution < -0.4 is 0 Å². The van der Waals surface area contributed by atoms with Crippen LogP contribution in [-0.4, -0.2) is 51.2 Å². The van der Waals surface area contributed by atoms with Crippen LogP contribution >= 0.6 is 8.38 Å². The number of benzene rings is 1. The van der Waals surface area contributed by atoms with Crippen LogP contribution in [0.3, 0.4) is 0 Å². The van der Waals surface area contributed by atoms with E-state index >= 15 is 0 Å². The number of rotatable bonds is 7. The smallest absolute Gasteiger partial charge is 0.183 e. The third-order valence-electron chi connectivity index (χ3n) is 2.79. The molecule has 4 nitrogen and oxygen atoms in total.